The Bertz CT molecular complexity index is 84.2. The van der Waals surface area contributed by atoms with Gasteiger partial charge in [0.2, 0.25) is 0 Å². The molecule has 5 heteroatoms. The van der Waals surface area contributed by atoms with E-state index in [9.17, 15) is 0 Å². The molecule has 0 aromatic heterocycles. The molecule has 0 aromatic rings. The summed E-state index contributed by atoms with van der Waals surface area (Å²) in [6.45, 7) is 1.43. The molecule has 0 saturated carbocycles. The molecule has 1 atom stereocenters. The van der Waals surface area contributed by atoms with E-state index in [2.05, 4.69) is 10.7 Å². The summed E-state index contributed by atoms with van der Waals surface area (Å²) in [4.78, 5) is 0. The van der Waals surface area contributed by atoms with E-state index in [1.165, 1.54) is 6.92 Å². The van der Waals surface area contributed by atoms with E-state index >= 15 is 0 Å². The molecule has 1 unspecified atom stereocenters. The molecular formula is C2H3ClNO2S-. The minimum Gasteiger partial charge on any atom is -0.760 e. The maximum Gasteiger partial charge on any atom is 0.0587 e. The molecule has 0 fully saturated rings. The van der Waals surface area contributed by atoms with Gasteiger partial charge in [-0.25, -0.2) is 0 Å². The minimum absolute atomic E-state index is 1.43. The molecule has 0 aliphatic heterocycles. The molecule has 0 heterocycles. The predicted molar refractivity (Wildman–Crippen MR) is 26.1 cm³/mol. The smallest absolute Gasteiger partial charge is 0.0587 e. The summed E-state index contributed by atoms with van der Waals surface area (Å²) in [5, 5.41) is 7.32. The normalized spacial score (nSPS) is 10.0. The minimum atomic E-state index is -2.39. The van der Waals surface area contributed by atoms with Gasteiger partial charge in [0.15, 0.2) is 0 Å². The Labute approximate surface area is 48.7 Å². The first-order chi connectivity index (χ1) is 3.15. The number of halogens is 1. The van der Waals surface area contributed by atoms with Crippen LogP contribution < -0.4 is 0 Å². The Morgan fingerprint density at radius 3 is 2.00 bits per heavy atom. The molecule has 0 N–H and O–H groups in total. The fraction of sp³-hybridized carbons (Fsp3) is 0.500. The molecule has 0 saturated heterocycles. The second kappa shape index (κ2) is 9.31. The third kappa shape index (κ3) is 7370. The van der Waals surface area contributed by atoms with E-state index in [0.29, 0.717) is 0 Å². The van der Waals surface area contributed by atoms with Crippen molar-refractivity contribution in [2.45, 2.75) is 6.92 Å². The van der Waals surface area contributed by atoms with Gasteiger partial charge < -0.3 is 4.55 Å². The summed E-state index contributed by atoms with van der Waals surface area (Å²) in [6.07, 6.45) is 0. The summed E-state index contributed by atoms with van der Waals surface area (Å²) in [5.74, 6) is 0. The number of hydrogen-bond donors (Lipinski definition) is 0. The maximum absolute atomic E-state index is 8.77. The van der Waals surface area contributed by atoms with Gasteiger partial charge in [0.05, 0.1) is 6.07 Å². The van der Waals surface area contributed by atoms with E-state index < -0.39 is 10.3 Å². The highest BCUT2D eigenvalue weighted by Crippen LogP contribution is 1.71. The molecule has 0 amide bonds. The fourth-order valence-corrected chi connectivity index (χ4v) is 0. The Hall–Kier alpha value is -0.110. The first-order valence-electron chi connectivity index (χ1n) is 1.21. The van der Waals surface area contributed by atoms with Gasteiger partial charge in [-0.2, -0.15) is 5.26 Å². The topological polar surface area (TPSA) is 63.9 Å². The zero-order valence-electron chi connectivity index (χ0n) is 3.55. The summed E-state index contributed by atoms with van der Waals surface area (Å²) >= 11 is 0. The Morgan fingerprint density at radius 2 is 2.00 bits per heavy atom. The van der Waals surface area contributed by atoms with Crippen molar-refractivity contribution in [2.24, 2.45) is 0 Å². The average molecular weight is 141 g/mol. The highest BCUT2D eigenvalue weighted by molar-refractivity contribution is 8.03. The van der Waals surface area contributed by atoms with Crippen LogP contribution in [0.5, 0.6) is 0 Å². The SMILES string of the molecule is CC#N.O=S([O-])Cl. The zero-order valence-corrected chi connectivity index (χ0v) is 5.12. The van der Waals surface area contributed by atoms with Crippen molar-refractivity contribution in [3.63, 3.8) is 0 Å². The fourth-order valence-electron chi connectivity index (χ4n) is 0. The van der Waals surface area contributed by atoms with Crippen LogP contribution in [0.15, 0.2) is 0 Å². The van der Waals surface area contributed by atoms with Crippen LogP contribution >= 0.6 is 10.7 Å². The third-order valence-corrected chi connectivity index (χ3v) is 0. The van der Waals surface area contributed by atoms with Gasteiger partial charge >= 0.3 is 0 Å². The molecule has 0 radical (unpaired) electrons. The number of nitriles is 1. The quantitative estimate of drug-likeness (QED) is 0.365. The van der Waals surface area contributed by atoms with Crippen LogP contribution in [-0.2, 0) is 10.3 Å². The third-order valence-electron chi connectivity index (χ3n) is 0. The highest BCUT2D eigenvalue weighted by atomic mass is 35.7. The van der Waals surface area contributed by atoms with Gasteiger partial charge in [-0.15, -0.1) is 0 Å². The molecule has 0 rings (SSSR count). The summed E-state index contributed by atoms with van der Waals surface area (Å²) in [6, 6.07) is 1.75. The van der Waals surface area contributed by atoms with Crippen LogP contribution in [0.4, 0.5) is 0 Å². The van der Waals surface area contributed by atoms with Gasteiger partial charge in [0.25, 0.3) is 0 Å². The van der Waals surface area contributed by atoms with Gasteiger partial charge in [0.1, 0.15) is 0 Å². The lowest BCUT2D eigenvalue weighted by atomic mass is 11.0. The molecule has 0 bridgehead atoms. The molecular weight excluding hydrogens is 138 g/mol. The van der Waals surface area contributed by atoms with Gasteiger partial charge in [-0.3, -0.25) is 4.21 Å². The van der Waals surface area contributed by atoms with Crippen molar-refractivity contribution in [1.82, 2.24) is 0 Å². The molecule has 0 aromatic carbocycles. The Morgan fingerprint density at radius 1 is 2.00 bits per heavy atom. The number of rotatable bonds is 0. The lowest BCUT2D eigenvalue weighted by Crippen LogP contribution is -1.61. The van der Waals surface area contributed by atoms with Crippen molar-refractivity contribution in [3.05, 3.63) is 0 Å². The van der Waals surface area contributed by atoms with Crippen molar-refractivity contribution in [1.29, 1.82) is 5.26 Å². The van der Waals surface area contributed by atoms with Gasteiger partial charge in [-0.05, 0) is 10.7 Å². The summed E-state index contributed by atoms with van der Waals surface area (Å²) in [5.41, 5.74) is 0. The molecule has 0 spiro atoms. The van der Waals surface area contributed by atoms with Crippen LogP contribution in [0.3, 0.4) is 0 Å². The van der Waals surface area contributed by atoms with Crippen LogP contribution in [0, 0.1) is 11.3 Å². The van der Waals surface area contributed by atoms with Crippen molar-refractivity contribution >= 4 is 21.0 Å². The molecule has 7 heavy (non-hydrogen) atoms. The van der Waals surface area contributed by atoms with Crippen LogP contribution in [0.25, 0.3) is 0 Å². The zero-order chi connectivity index (χ0) is 6.28. The van der Waals surface area contributed by atoms with E-state index in [-0.39, 0.29) is 0 Å². The second-order valence-corrected chi connectivity index (χ2v) is 1.56. The predicted octanol–water partition coefficient (Wildman–Crippen LogP) is 0.549. The monoisotopic (exact) mass is 140 g/mol. The van der Waals surface area contributed by atoms with E-state index in [1.807, 2.05) is 0 Å². The lowest BCUT2D eigenvalue weighted by molar-refractivity contribution is 0.552. The van der Waals surface area contributed by atoms with Crippen LogP contribution in [0.2, 0.25) is 0 Å². The van der Waals surface area contributed by atoms with Crippen LogP contribution in [-0.4, -0.2) is 8.76 Å². The number of hydrogen-bond acceptors (Lipinski definition) is 3. The Balaban J connectivity index is 0. The number of nitrogens with zero attached hydrogens (tertiary/aromatic N) is 1. The Kier molecular flexibility index (Phi) is 13.3. The molecule has 3 nitrogen and oxygen atoms in total. The second-order valence-electron chi connectivity index (χ2n) is 0.418. The maximum atomic E-state index is 8.77. The standard InChI is InChI=1S/C2H3N.ClHO2S/c1-2-3;1-4(2)3/h1H3;(H,2,3)/p-1. The van der Waals surface area contributed by atoms with Gasteiger partial charge in [-0.1, -0.05) is 0 Å². The molecule has 0 aliphatic carbocycles. The summed E-state index contributed by atoms with van der Waals surface area (Å²) in [7, 11) is 1.80. The van der Waals surface area contributed by atoms with Crippen molar-refractivity contribution in [3.8, 4) is 6.07 Å². The van der Waals surface area contributed by atoms with E-state index in [4.69, 9.17) is 14.0 Å². The van der Waals surface area contributed by atoms with Gasteiger partial charge in [0, 0.05) is 17.2 Å². The summed E-state index contributed by atoms with van der Waals surface area (Å²) < 4.78 is 17.5. The van der Waals surface area contributed by atoms with E-state index in [1.54, 1.807) is 6.07 Å². The average Bonchev–Trinajstić information content (AvgIpc) is 1.33. The van der Waals surface area contributed by atoms with Crippen LogP contribution in [0.1, 0.15) is 6.92 Å². The largest absolute Gasteiger partial charge is 0.760 e. The first-order valence-corrected chi connectivity index (χ1v) is 3.11. The lowest BCUT2D eigenvalue weighted by Gasteiger charge is -1.80. The highest BCUT2D eigenvalue weighted by Gasteiger charge is 1.46. The van der Waals surface area contributed by atoms with Crippen molar-refractivity contribution in [2.75, 3.05) is 0 Å². The van der Waals surface area contributed by atoms with E-state index in [0.717, 1.165) is 0 Å². The molecule has 0 aliphatic rings. The molecule has 42 valence electrons. The first kappa shape index (κ1) is 10.00. The van der Waals surface area contributed by atoms with Crippen molar-refractivity contribution < 1.29 is 8.76 Å².